The SMILES string of the molecule is c1ccc(-c2cccc(N(c3ccc4c(c3)sc3ccc5ccccc5c34)c3cc4c5ccccc5ccc4c4ccccc34)c2)cc1. The number of hydrogen-bond acceptors (Lipinski definition) is 2. The first-order valence-corrected chi connectivity index (χ1v) is 17.2. The summed E-state index contributed by atoms with van der Waals surface area (Å²) in [6.45, 7) is 0. The van der Waals surface area contributed by atoms with E-state index < -0.39 is 0 Å². The number of fused-ring (bicyclic) bond motifs is 10. The molecule has 0 aliphatic carbocycles. The van der Waals surface area contributed by atoms with Crippen LogP contribution in [0, 0.1) is 0 Å². The summed E-state index contributed by atoms with van der Waals surface area (Å²) in [6.07, 6.45) is 0. The molecule has 1 nitrogen and oxygen atoms in total. The minimum atomic E-state index is 1.13. The van der Waals surface area contributed by atoms with Crippen molar-refractivity contribution in [3.8, 4) is 11.1 Å². The van der Waals surface area contributed by atoms with Crippen LogP contribution in [0.15, 0.2) is 176 Å². The van der Waals surface area contributed by atoms with E-state index in [4.69, 9.17) is 0 Å². The quantitative estimate of drug-likeness (QED) is 0.176. The lowest BCUT2D eigenvalue weighted by molar-refractivity contribution is 1.31. The monoisotopic (exact) mass is 627 g/mol. The number of hydrogen-bond donors (Lipinski definition) is 0. The molecule has 0 aliphatic rings. The van der Waals surface area contributed by atoms with Gasteiger partial charge in [0.1, 0.15) is 0 Å². The van der Waals surface area contributed by atoms with Crippen LogP contribution in [0.5, 0.6) is 0 Å². The minimum absolute atomic E-state index is 1.13. The van der Waals surface area contributed by atoms with Gasteiger partial charge in [0.25, 0.3) is 0 Å². The van der Waals surface area contributed by atoms with Gasteiger partial charge in [0, 0.05) is 36.9 Å². The molecular formula is C46H29NS. The summed E-state index contributed by atoms with van der Waals surface area (Å²) in [5.41, 5.74) is 5.86. The van der Waals surface area contributed by atoms with E-state index in [0.29, 0.717) is 0 Å². The zero-order valence-electron chi connectivity index (χ0n) is 26.1. The highest BCUT2D eigenvalue weighted by Gasteiger charge is 2.20. The smallest absolute Gasteiger partial charge is 0.0546 e. The Morgan fingerprint density at radius 1 is 0.333 bits per heavy atom. The topological polar surface area (TPSA) is 3.24 Å². The van der Waals surface area contributed by atoms with Crippen molar-refractivity contribution in [3.05, 3.63) is 176 Å². The van der Waals surface area contributed by atoms with Crippen molar-refractivity contribution < 1.29 is 0 Å². The summed E-state index contributed by atoms with van der Waals surface area (Å²) >= 11 is 1.88. The highest BCUT2D eigenvalue weighted by molar-refractivity contribution is 7.26. The van der Waals surface area contributed by atoms with Crippen LogP contribution in [-0.4, -0.2) is 0 Å². The van der Waals surface area contributed by atoms with Crippen LogP contribution in [0.1, 0.15) is 0 Å². The fourth-order valence-corrected chi connectivity index (χ4v) is 8.74. The Kier molecular flexibility index (Phi) is 6.12. The summed E-state index contributed by atoms with van der Waals surface area (Å²) in [5.74, 6) is 0. The second-order valence-corrected chi connectivity index (χ2v) is 13.6. The first-order chi connectivity index (χ1) is 23.8. The second kappa shape index (κ2) is 10.8. The van der Waals surface area contributed by atoms with Gasteiger partial charge >= 0.3 is 0 Å². The van der Waals surface area contributed by atoms with Gasteiger partial charge in [0.2, 0.25) is 0 Å². The normalized spacial score (nSPS) is 11.8. The first kappa shape index (κ1) is 27.2. The van der Waals surface area contributed by atoms with E-state index in [9.17, 15) is 0 Å². The molecule has 1 heterocycles. The molecule has 224 valence electrons. The van der Waals surface area contributed by atoms with Gasteiger partial charge in [0.05, 0.1) is 5.69 Å². The van der Waals surface area contributed by atoms with Crippen LogP contribution >= 0.6 is 11.3 Å². The summed E-state index contributed by atoms with van der Waals surface area (Å²) in [5, 5.41) is 12.8. The maximum absolute atomic E-state index is 2.47. The van der Waals surface area contributed by atoms with E-state index in [2.05, 4.69) is 181 Å². The van der Waals surface area contributed by atoms with Crippen molar-refractivity contribution in [2.45, 2.75) is 0 Å². The molecule has 2 heteroatoms. The lowest BCUT2D eigenvalue weighted by Gasteiger charge is -2.28. The van der Waals surface area contributed by atoms with Crippen LogP contribution in [0.4, 0.5) is 17.1 Å². The average molecular weight is 628 g/mol. The van der Waals surface area contributed by atoms with E-state index in [1.807, 2.05) is 11.3 Å². The zero-order chi connectivity index (χ0) is 31.6. The summed E-state index contributed by atoms with van der Waals surface area (Å²) < 4.78 is 2.61. The molecule has 0 amide bonds. The fourth-order valence-electron chi connectivity index (χ4n) is 7.58. The second-order valence-electron chi connectivity index (χ2n) is 12.5. The van der Waals surface area contributed by atoms with Gasteiger partial charge in [-0.3, -0.25) is 0 Å². The molecule has 10 rings (SSSR count). The Morgan fingerprint density at radius 2 is 0.958 bits per heavy atom. The maximum atomic E-state index is 2.47. The van der Waals surface area contributed by atoms with E-state index in [-0.39, 0.29) is 0 Å². The van der Waals surface area contributed by atoms with Gasteiger partial charge in [-0.05, 0) is 85.2 Å². The van der Waals surface area contributed by atoms with E-state index in [1.54, 1.807) is 0 Å². The van der Waals surface area contributed by atoms with Crippen LogP contribution in [0.3, 0.4) is 0 Å². The van der Waals surface area contributed by atoms with Gasteiger partial charge in [-0.1, -0.05) is 140 Å². The number of nitrogens with zero attached hydrogens (tertiary/aromatic N) is 1. The molecular weight excluding hydrogens is 599 g/mol. The highest BCUT2D eigenvalue weighted by Crippen LogP contribution is 2.46. The molecule has 0 spiro atoms. The Morgan fingerprint density at radius 3 is 1.81 bits per heavy atom. The molecule has 1 aromatic heterocycles. The zero-order valence-corrected chi connectivity index (χ0v) is 26.9. The molecule has 0 unspecified atom stereocenters. The van der Waals surface area contributed by atoms with Crippen molar-refractivity contribution in [1.82, 2.24) is 0 Å². The average Bonchev–Trinajstić information content (AvgIpc) is 3.54. The summed E-state index contributed by atoms with van der Waals surface area (Å²) in [6, 6.07) is 64.5. The van der Waals surface area contributed by atoms with Crippen LogP contribution < -0.4 is 4.90 Å². The Labute approximate surface area is 282 Å². The predicted molar refractivity (Wildman–Crippen MR) is 209 cm³/mol. The molecule has 48 heavy (non-hydrogen) atoms. The Bertz CT molecular complexity index is 2850. The molecule has 10 aromatic rings. The lowest BCUT2D eigenvalue weighted by atomic mass is 9.95. The molecule has 0 radical (unpaired) electrons. The Balaban J connectivity index is 1.28. The minimum Gasteiger partial charge on any atom is -0.310 e. The van der Waals surface area contributed by atoms with E-state index >= 15 is 0 Å². The number of thiophene rings is 1. The van der Waals surface area contributed by atoms with Crippen molar-refractivity contribution in [2.24, 2.45) is 0 Å². The molecule has 0 N–H and O–H groups in total. The third-order valence-corrected chi connectivity index (χ3v) is 10.9. The molecule has 0 fully saturated rings. The lowest BCUT2D eigenvalue weighted by Crippen LogP contribution is -2.10. The van der Waals surface area contributed by atoms with Crippen LogP contribution in [0.2, 0.25) is 0 Å². The fraction of sp³-hybridized carbons (Fsp3) is 0. The molecule has 0 bridgehead atoms. The van der Waals surface area contributed by atoms with Crippen molar-refractivity contribution >= 4 is 91.7 Å². The van der Waals surface area contributed by atoms with Gasteiger partial charge < -0.3 is 4.90 Å². The van der Waals surface area contributed by atoms with Gasteiger partial charge in [-0.15, -0.1) is 11.3 Å². The van der Waals surface area contributed by atoms with E-state index in [0.717, 1.165) is 11.4 Å². The number of rotatable bonds is 4. The Hall–Kier alpha value is -5.96. The van der Waals surface area contributed by atoms with E-state index in [1.165, 1.54) is 80.1 Å². The summed E-state index contributed by atoms with van der Waals surface area (Å²) in [4.78, 5) is 2.47. The van der Waals surface area contributed by atoms with Crippen molar-refractivity contribution in [1.29, 1.82) is 0 Å². The molecule has 0 aliphatic heterocycles. The third-order valence-electron chi connectivity index (χ3n) is 9.80. The first-order valence-electron chi connectivity index (χ1n) is 16.4. The van der Waals surface area contributed by atoms with Crippen LogP contribution in [0.25, 0.3) is 74.4 Å². The molecule has 0 saturated carbocycles. The molecule has 0 saturated heterocycles. The van der Waals surface area contributed by atoms with Crippen LogP contribution in [-0.2, 0) is 0 Å². The van der Waals surface area contributed by atoms with Gasteiger partial charge in [0.15, 0.2) is 0 Å². The van der Waals surface area contributed by atoms with Gasteiger partial charge in [-0.2, -0.15) is 0 Å². The van der Waals surface area contributed by atoms with Crippen molar-refractivity contribution in [2.75, 3.05) is 4.90 Å². The number of anilines is 3. The standard InChI is InChI=1S/C46H29NS/c1-2-11-30(12-3-1)33-15-10-16-34(27-33)47(35-23-25-41-45(28-35)48-44-26-22-32-14-5-7-18-37(32)46(41)44)43-29-42-36-17-6-4-13-31(36)21-24-39(42)38-19-8-9-20-40(38)43/h1-29H. The predicted octanol–water partition coefficient (Wildman–Crippen LogP) is 13.8. The highest BCUT2D eigenvalue weighted by atomic mass is 32.1. The molecule has 9 aromatic carbocycles. The van der Waals surface area contributed by atoms with Gasteiger partial charge in [-0.25, -0.2) is 0 Å². The third kappa shape index (κ3) is 4.24. The maximum Gasteiger partial charge on any atom is 0.0546 e. The van der Waals surface area contributed by atoms with Crippen molar-refractivity contribution in [3.63, 3.8) is 0 Å². The summed E-state index contributed by atoms with van der Waals surface area (Å²) in [7, 11) is 0. The largest absolute Gasteiger partial charge is 0.310 e. The molecule has 0 atom stereocenters. The number of benzene rings is 9.